The lowest BCUT2D eigenvalue weighted by Crippen LogP contribution is -2.44. The van der Waals surface area contributed by atoms with E-state index in [2.05, 4.69) is 39.8 Å². The van der Waals surface area contributed by atoms with Crippen molar-refractivity contribution >= 4 is 5.91 Å². The number of rotatable bonds is 6. The molecule has 2 saturated heterocycles. The van der Waals surface area contributed by atoms with Crippen molar-refractivity contribution in [1.82, 2.24) is 15.5 Å². The third kappa shape index (κ3) is 5.58. The predicted molar refractivity (Wildman–Crippen MR) is 94.6 cm³/mol. The molecule has 2 N–H and O–H groups in total. The summed E-state index contributed by atoms with van der Waals surface area (Å²) in [7, 11) is 0. The van der Waals surface area contributed by atoms with Crippen molar-refractivity contribution in [1.29, 1.82) is 0 Å². The van der Waals surface area contributed by atoms with Gasteiger partial charge in [0.25, 0.3) is 0 Å². The molecule has 1 unspecified atom stereocenters. The smallest absolute Gasteiger partial charge is 0.221 e. The van der Waals surface area contributed by atoms with Gasteiger partial charge in [-0.2, -0.15) is 0 Å². The van der Waals surface area contributed by atoms with E-state index in [-0.39, 0.29) is 11.9 Å². The molecule has 5 heteroatoms. The number of amides is 1. The predicted octanol–water partition coefficient (Wildman–Crippen LogP) is 1.67. The Morgan fingerprint density at radius 3 is 2.62 bits per heavy atom. The zero-order chi connectivity index (χ0) is 16.6. The molecule has 1 atom stereocenters. The maximum atomic E-state index is 12.0. The van der Waals surface area contributed by atoms with Crippen molar-refractivity contribution in [2.75, 3.05) is 32.8 Å². The Bertz CT molecular complexity index is 506. The van der Waals surface area contributed by atoms with Gasteiger partial charge in [-0.3, -0.25) is 9.69 Å². The van der Waals surface area contributed by atoms with Crippen LogP contribution in [0.15, 0.2) is 24.3 Å². The molecule has 1 amide bonds. The molecule has 0 aliphatic carbocycles. The molecule has 24 heavy (non-hydrogen) atoms. The molecule has 0 radical (unpaired) electrons. The van der Waals surface area contributed by atoms with Crippen molar-refractivity contribution in [3.8, 4) is 0 Å². The summed E-state index contributed by atoms with van der Waals surface area (Å²) in [5, 5.41) is 6.31. The second kappa shape index (κ2) is 9.16. The highest BCUT2D eigenvalue weighted by Crippen LogP contribution is 2.13. The minimum absolute atomic E-state index is 0.0791. The van der Waals surface area contributed by atoms with Crippen LogP contribution in [-0.4, -0.2) is 49.7 Å². The largest absolute Gasteiger partial charge is 0.378 e. The molecule has 1 aromatic rings. The SMILES string of the molecule is O=C(CC1COCCN1)NCc1ccc(CN2CCCCC2)cc1. The number of likely N-dealkylation sites (tertiary alicyclic amines) is 1. The standard InChI is InChI=1S/C19H29N3O2/c23-19(12-18-15-24-11-8-20-18)21-13-16-4-6-17(7-5-16)14-22-9-2-1-3-10-22/h4-7,18,20H,1-3,8-15H2,(H,21,23). The molecule has 0 aromatic heterocycles. The van der Waals surface area contributed by atoms with Crippen molar-refractivity contribution in [2.24, 2.45) is 0 Å². The van der Waals surface area contributed by atoms with E-state index in [0.29, 0.717) is 19.6 Å². The van der Waals surface area contributed by atoms with E-state index in [9.17, 15) is 4.79 Å². The molecule has 3 rings (SSSR count). The molecule has 2 heterocycles. The molecule has 5 nitrogen and oxygen atoms in total. The first-order valence-corrected chi connectivity index (χ1v) is 9.17. The fourth-order valence-electron chi connectivity index (χ4n) is 3.39. The van der Waals surface area contributed by atoms with Crippen molar-refractivity contribution < 1.29 is 9.53 Å². The van der Waals surface area contributed by atoms with Gasteiger partial charge in [0, 0.05) is 32.1 Å². The molecular formula is C19H29N3O2. The number of benzene rings is 1. The minimum Gasteiger partial charge on any atom is -0.378 e. The summed E-state index contributed by atoms with van der Waals surface area (Å²) in [6, 6.07) is 8.77. The second-order valence-corrected chi connectivity index (χ2v) is 6.86. The van der Waals surface area contributed by atoms with Gasteiger partial charge in [0.2, 0.25) is 5.91 Å². The van der Waals surface area contributed by atoms with Gasteiger partial charge in [-0.1, -0.05) is 30.7 Å². The topological polar surface area (TPSA) is 53.6 Å². The van der Waals surface area contributed by atoms with Gasteiger partial charge >= 0.3 is 0 Å². The van der Waals surface area contributed by atoms with Crippen molar-refractivity contribution in [3.63, 3.8) is 0 Å². The Morgan fingerprint density at radius 2 is 1.92 bits per heavy atom. The van der Waals surface area contributed by atoms with E-state index in [1.807, 2.05) is 0 Å². The van der Waals surface area contributed by atoms with Crippen molar-refractivity contribution in [2.45, 2.75) is 44.8 Å². The summed E-state index contributed by atoms with van der Waals surface area (Å²) >= 11 is 0. The Kier molecular flexibility index (Phi) is 6.64. The Balaban J connectivity index is 1.39. The number of piperidine rings is 1. The summed E-state index contributed by atoms with van der Waals surface area (Å²) < 4.78 is 5.37. The van der Waals surface area contributed by atoms with Crippen LogP contribution in [0.3, 0.4) is 0 Å². The highest BCUT2D eigenvalue weighted by atomic mass is 16.5. The minimum atomic E-state index is 0.0791. The average molecular weight is 331 g/mol. The van der Waals surface area contributed by atoms with E-state index in [0.717, 1.165) is 25.3 Å². The maximum absolute atomic E-state index is 12.0. The lowest BCUT2D eigenvalue weighted by Gasteiger charge is -2.26. The van der Waals surface area contributed by atoms with Crippen LogP contribution >= 0.6 is 0 Å². The number of hydrogen-bond acceptors (Lipinski definition) is 4. The van der Waals surface area contributed by atoms with E-state index < -0.39 is 0 Å². The molecule has 2 fully saturated rings. The van der Waals surface area contributed by atoms with Gasteiger partial charge in [0.15, 0.2) is 0 Å². The number of hydrogen-bond donors (Lipinski definition) is 2. The Labute approximate surface area is 144 Å². The average Bonchev–Trinajstić information content (AvgIpc) is 2.63. The van der Waals surface area contributed by atoms with E-state index >= 15 is 0 Å². The molecule has 2 aliphatic rings. The summed E-state index contributed by atoms with van der Waals surface area (Å²) in [5.41, 5.74) is 2.51. The molecular weight excluding hydrogens is 302 g/mol. The molecule has 0 bridgehead atoms. The number of carbonyl (C=O) groups is 1. The summed E-state index contributed by atoms with van der Waals surface area (Å²) in [4.78, 5) is 14.5. The third-order valence-electron chi connectivity index (χ3n) is 4.80. The monoisotopic (exact) mass is 331 g/mol. The second-order valence-electron chi connectivity index (χ2n) is 6.86. The summed E-state index contributed by atoms with van der Waals surface area (Å²) in [6.45, 7) is 6.26. The van der Waals surface area contributed by atoms with Crippen LogP contribution in [0.2, 0.25) is 0 Å². The highest BCUT2D eigenvalue weighted by Gasteiger charge is 2.16. The number of carbonyl (C=O) groups excluding carboxylic acids is 1. The van der Waals surface area contributed by atoms with Crippen LogP contribution in [0.1, 0.15) is 36.8 Å². The summed E-state index contributed by atoms with van der Waals surface area (Å²) in [5.74, 6) is 0.0791. The molecule has 2 aliphatic heterocycles. The number of ether oxygens (including phenoxy) is 1. The van der Waals surface area contributed by atoms with Gasteiger partial charge in [0.05, 0.1) is 13.2 Å². The van der Waals surface area contributed by atoms with Crippen molar-refractivity contribution in [3.05, 3.63) is 35.4 Å². The van der Waals surface area contributed by atoms with Crippen LogP contribution in [0, 0.1) is 0 Å². The van der Waals surface area contributed by atoms with Gasteiger partial charge in [0.1, 0.15) is 0 Å². The van der Waals surface area contributed by atoms with Gasteiger partial charge in [-0.15, -0.1) is 0 Å². The van der Waals surface area contributed by atoms with E-state index in [1.165, 1.54) is 37.9 Å². The van der Waals surface area contributed by atoms with Crippen LogP contribution in [0.5, 0.6) is 0 Å². The zero-order valence-electron chi connectivity index (χ0n) is 14.4. The third-order valence-corrected chi connectivity index (χ3v) is 4.80. The first kappa shape index (κ1) is 17.4. The fourth-order valence-corrected chi connectivity index (χ4v) is 3.39. The van der Waals surface area contributed by atoms with Crippen LogP contribution in [0.4, 0.5) is 0 Å². The molecule has 0 spiro atoms. The van der Waals surface area contributed by atoms with E-state index in [4.69, 9.17) is 4.74 Å². The number of nitrogens with one attached hydrogen (secondary N) is 2. The molecule has 1 aromatic carbocycles. The number of nitrogens with zero attached hydrogens (tertiary/aromatic N) is 1. The van der Waals surface area contributed by atoms with Crippen LogP contribution in [-0.2, 0) is 22.6 Å². The quantitative estimate of drug-likeness (QED) is 0.833. The van der Waals surface area contributed by atoms with Gasteiger partial charge < -0.3 is 15.4 Å². The molecule has 132 valence electrons. The lowest BCUT2D eigenvalue weighted by molar-refractivity contribution is -0.122. The first-order valence-electron chi connectivity index (χ1n) is 9.17. The number of morpholine rings is 1. The highest BCUT2D eigenvalue weighted by molar-refractivity contribution is 5.76. The fraction of sp³-hybridized carbons (Fsp3) is 0.632. The van der Waals surface area contributed by atoms with Crippen LogP contribution in [0.25, 0.3) is 0 Å². The summed E-state index contributed by atoms with van der Waals surface area (Å²) in [6.07, 6.45) is 4.50. The van der Waals surface area contributed by atoms with E-state index in [1.54, 1.807) is 0 Å². The molecule has 0 saturated carbocycles. The maximum Gasteiger partial charge on any atom is 0.221 e. The Hall–Kier alpha value is -1.43. The van der Waals surface area contributed by atoms with Gasteiger partial charge in [-0.25, -0.2) is 0 Å². The van der Waals surface area contributed by atoms with Crippen LogP contribution < -0.4 is 10.6 Å². The zero-order valence-corrected chi connectivity index (χ0v) is 14.4. The normalized spacial score (nSPS) is 22.2. The lowest BCUT2D eigenvalue weighted by atomic mass is 10.1. The van der Waals surface area contributed by atoms with Gasteiger partial charge in [-0.05, 0) is 37.1 Å². The Morgan fingerprint density at radius 1 is 1.17 bits per heavy atom. The first-order chi connectivity index (χ1) is 11.8.